The number of benzene rings is 2. The number of nitrogens with two attached hydrogens (primary N) is 1. The molecule has 0 saturated heterocycles. The van der Waals surface area contributed by atoms with E-state index in [0.29, 0.717) is 12.0 Å². The maximum Gasteiger partial charge on any atom is 0.137 e. The molecule has 4 nitrogen and oxygen atoms in total. The van der Waals surface area contributed by atoms with Gasteiger partial charge in [0.05, 0.1) is 0 Å². The summed E-state index contributed by atoms with van der Waals surface area (Å²) < 4.78 is 6.09. The SMILES string of the molecule is NC1CCC(CNc2ccc3cncc(-c4cc5ccccc5o4)c3c2)CC1. The molecule has 1 fully saturated rings. The fourth-order valence-corrected chi connectivity index (χ4v) is 4.24. The minimum absolute atomic E-state index is 0.399. The number of pyridine rings is 1. The van der Waals surface area contributed by atoms with E-state index in [1.807, 2.05) is 30.6 Å². The van der Waals surface area contributed by atoms with Crippen molar-refractivity contribution in [3.8, 4) is 11.3 Å². The first-order chi connectivity index (χ1) is 13.8. The molecule has 0 aliphatic heterocycles. The van der Waals surface area contributed by atoms with E-state index in [2.05, 4.69) is 40.6 Å². The summed E-state index contributed by atoms with van der Waals surface area (Å²) in [6.07, 6.45) is 8.53. The van der Waals surface area contributed by atoms with Crippen LogP contribution in [0, 0.1) is 5.92 Å². The lowest BCUT2D eigenvalue weighted by Gasteiger charge is -2.26. The second-order valence-electron chi connectivity index (χ2n) is 7.93. The molecular weight excluding hydrogens is 346 g/mol. The number of rotatable bonds is 4. The highest BCUT2D eigenvalue weighted by Crippen LogP contribution is 2.33. The molecule has 2 heterocycles. The predicted molar refractivity (Wildman–Crippen MR) is 115 cm³/mol. The van der Waals surface area contributed by atoms with Crippen molar-refractivity contribution in [3.05, 3.63) is 60.9 Å². The number of nitrogens with zero attached hydrogens (tertiary/aromatic N) is 1. The highest BCUT2D eigenvalue weighted by molar-refractivity contribution is 5.98. The van der Waals surface area contributed by atoms with Gasteiger partial charge in [-0.05, 0) is 61.3 Å². The number of furan rings is 1. The van der Waals surface area contributed by atoms with Crippen LogP contribution in [-0.2, 0) is 0 Å². The molecule has 28 heavy (non-hydrogen) atoms. The standard InChI is InChI=1S/C24H25N3O/c25-19-8-5-16(6-9-19)13-27-20-10-7-18-14-26-15-22(21(18)12-20)24-11-17-3-1-2-4-23(17)28-24/h1-4,7,10-12,14-16,19,27H,5-6,8-9,13,25H2. The number of hydrogen-bond acceptors (Lipinski definition) is 4. The third-order valence-corrected chi connectivity index (χ3v) is 5.94. The first-order valence-electron chi connectivity index (χ1n) is 10.1. The molecule has 1 aliphatic rings. The van der Waals surface area contributed by atoms with Crippen LogP contribution in [0.1, 0.15) is 25.7 Å². The maximum absolute atomic E-state index is 6.09. The Kier molecular flexibility index (Phi) is 4.49. The number of anilines is 1. The van der Waals surface area contributed by atoms with Crippen LogP contribution in [0.2, 0.25) is 0 Å². The van der Waals surface area contributed by atoms with Gasteiger partial charge < -0.3 is 15.5 Å². The van der Waals surface area contributed by atoms with Gasteiger partial charge in [-0.1, -0.05) is 24.3 Å². The molecule has 3 N–H and O–H groups in total. The Morgan fingerprint density at radius 2 is 1.82 bits per heavy atom. The zero-order valence-corrected chi connectivity index (χ0v) is 15.9. The average molecular weight is 371 g/mol. The first-order valence-corrected chi connectivity index (χ1v) is 10.1. The predicted octanol–water partition coefficient (Wildman–Crippen LogP) is 5.58. The van der Waals surface area contributed by atoms with Gasteiger partial charge >= 0.3 is 0 Å². The van der Waals surface area contributed by atoms with Crippen LogP contribution in [0.5, 0.6) is 0 Å². The summed E-state index contributed by atoms with van der Waals surface area (Å²) in [6, 6.07) is 17.1. The van der Waals surface area contributed by atoms with Crippen LogP contribution in [-0.4, -0.2) is 17.6 Å². The van der Waals surface area contributed by atoms with Gasteiger partial charge in [-0.25, -0.2) is 0 Å². The fourth-order valence-electron chi connectivity index (χ4n) is 4.24. The van der Waals surface area contributed by atoms with E-state index in [0.717, 1.165) is 58.1 Å². The van der Waals surface area contributed by atoms with E-state index in [9.17, 15) is 0 Å². The molecule has 0 bridgehead atoms. The van der Waals surface area contributed by atoms with Crippen molar-refractivity contribution in [2.45, 2.75) is 31.7 Å². The number of para-hydroxylation sites is 1. The number of fused-ring (bicyclic) bond motifs is 2. The van der Waals surface area contributed by atoms with Crippen molar-refractivity contribution >= 4 is 27.4 Å². The molecule has 5 rings (SSSR count). The summed E-state index contributed by atoms with van der Waals surface area (Å²) >= 11 is 0. The van der Waals surface area contributed by atoms with Gasteiger partial charge in [0.25, 0.3) is 0 Å². The van der Waals surface area contributed by atoms with Gasteiger partial charge in [-0.2, -0.15) is 0 Å². The lowest BCUT2D eigenvalue weighted by molar-refractivity contribution is 0.339. The van der Waals surface area contributed by atoms with E-state index in [1.54, 1.807) is 0 Å². The second-order valence-corrected chi connectivity index (χ2v) is 7.93. The van der Waals surface area contributed by atoms with Crippen molar-refractivity contribution in [2.75, 3.05) is 11.9 Å². The van der Waals surface area contributed by atoms with Crippen LogP contribution < -0.4 is 11.1 Å². The number of aromatic nitrogens is 1. The van der Waals surface area contributed by atoms with Crippen molar-refractivity contribution in [1.29, 1.82) is 0 Å². The van der Waals surface area contributed by atoms with Crippen LogP contribution >= 0.6 is 0 Å². The van der Waals surface area contributed by atoms with E-state index in [1.165, 1.54) is 12.8 Å². The molecule has 2 aromatic heterocycles. The summed E-state index contributed by atoms with van der Waals surface area (Å²) in [5.41, 5.74) is 9.11. The summed E-state index contributed by atoms with van der Waals surface area (Å²) in [7, 11) is 0. The number of hydrogen-bond donors (Lipinski definition) is 2. The summed E-state index contributed by atoms with van der Waals surface area (Å²) in [5, 5.41) is 7.02. The molecule has 1 aliphatic carbocycles. The van der Waals surface area contributed by atoms with Crippen LogP contribution in [0.3, 0.4) is 0 Å². The van der Waals surface area contributed by atoms with E-state index in [-0.39, 0.29) is 0 Å². The molecule has 0 amide bonds. The maximum atomic E-state index is 6.09. The zero-order valence-electron chi connectivity index (χ0n) is 15.9. The minimum atomic E-state index is 0.399. The summed E-state index contributed by atoms with van der Waals surface area (Å²) in [5.74, 6) is 1.57. The normalized spacial score (nSPS) is 19.9. The van der Waals surface area contributed by atoms with E-state index in [4.69, 9.17) is 10.2 Å². The third-order valence-electron chi connectivity index (χ3n) is 5.94. The quantitative estimate of drug-likeness (QED) is 0.492. The molecule has 1 saturated carbocycles. The van der Waals surface area contributed by atoms with Gasteiger partial charge in [0.2, 0.25) is 0 Å². The molecule has 142 valence electrons. The first kappa shape index (κ1) is 17.3. The van der Waals surface area contributed by atoms with Gasteiger partial charge in [-0.15, -0.1) is 0 Å². The monoisotopic (exact) mass is 371 g/mol. The van der Waals surface area contributed by atoms with Crippen LogP contribution in [0.4, 0.5) is 5.69 Å². The number of nitrogens with one attached hydrogen (secondary N) is 1. The lowest BCUT2D eigenvalue weighted by atomic mass is 9.86. The zero-order chi connectivity index (χ0) is 18.9. The van der Waals surface area contributed by atoms with Crippen molar-refractivity contribution in [1.82, 2.24) is 4.98 Å². The van der Waals surface area contributed by atoms with Crippen molar-refractivity contribution in [2.24, 2.45) is 11.7 Å². The molecule has 0 radical (unpaired) electrons. The Hall–Kier alpha value is -2.85. The molecule has 2 aromatic carbocycles. The highest BCUT2D eigenvalue weighted by Gasteiger charge is 2.18. The van der Waals surface area contributed by atoms with Crippen molar-refractivity contribution in [3.63, 3.8) is 0 Å². The second kappa shape index (κ2) is 7.28. The smallest absolute Gasteiger partial charge is 0.137 e. The van der Waals surface area contributed by atoms with E-state index < -0.39 is 0 Å². The average Bonchev–Trinajstić information content (AvgIpc) is 3.17. The van der Waals surface area contributed by atoms with Gasteiger partial charge in [0, 0.05) is 47.0 Å². The molecule has 4 heteroatoms. The molecule has 4 aromatic rings. The largest absolute Gasteiger partial charge is 0.456 e. The Morgan fingerprint density at radius 3 is 2.68 bits per heavy atom. The van der Waals surface area contributed by atoms with Gasteiger partial charge in [-0.3, -0.25) is 4.98 Å². The summed E-state index contributed by atoms with van der Waals surface area (Å²) in [4.78, 5) is 4.42. The molecule has 0 spiro atoms. The highest BCUT2D eigenvalue weighted by atomic mass is 16.3. The molecule has 0 atom stereocenters. The Bertz CT molecular complexity index is 1080. The fraction of sp³-hybridized carbons (Fsp3) is 0.292. The van der Waals surface area contributed by atoms with Gasteiger partial charge in [0.1, 0.15) is 11.3 Å². The Morgan fingerprint density at radius 1 is 0.964 bits per heavy atom. The Labute approximate surface area is 164 Å². The third kappa shape index (κ3) is 3.36. The van der Waals surface area contributed by atoms with E-state index >= 15 is 0 Å². The molecule has 0 unspecified atom stereocenters. The lowest BCUT2D eigenvalue weighted by Crippen LogP contribution is -2.29. The van der Waals surface area contributed by atoms with Crippen LogP contribution in [0.15, 0.2) is 65.3 Å². The Balaban J connectivity index is 1.44. The van der Waals surface area contributed by atoms with Gasteiger partial charge in [0.15, 0.2) is 0 Å². The minimum Gasteiger partial charge on any atom is -0.456 e. The molecular formula is C24H25N3O. The topological polar surface area (TPSA) is 64.1 Å². The van der Waals surface area contributed by atoms with Crippen LogP contribution in [0.25, 0.3) is 33.1 Å². The summed E-state index contributed by atoms with van der Waals surface area (Å²) in [6.45, 7) is 1.00. The van der Waals surface area contributed by atoms with Crippen molar-refractivity contribution < 1.29 is 4.42 Å².